The van der Waals surface area contributed by atoms with Gasteiger partial charge in [-0.2, -0.15) is 0 Å². The first-order valence-electron chi connectivity index (χ1n) is 7.85. The van der Waals surface area contributed by atoms with Crippen LogP contribution in [-0.4, -0.2) is 31.1 Å². The fourth-order valence-electron chi connectivity index (χ4n) is 2.81. The molecule has 0 saturated carbocycles. The third-order valence-electron chi connectivity index (χ3n) is 4.10. The van der Waals surface area contributed by atoms with E-state index < -0.39 is 27.8 Å². The summed E-state index contributed by atoms with van der Waals surface area (Å²) in [7, 11) is -4.19. The van der Waals surface area contributed by atoms with Gasteiger partial charge in [0.15, 0.2) is 0 Å². The second-order valence-corrected chi connectivity index (χ2v) is 7.64. The van der Waals surface area contributed by atoms with Crippen molar-refractivity contribution in [3.8, 4) is 0 Å². The molecule has 25 heavy (non-hydrogen) atoms. The molecule has 2 aromatic carbocycles. The summed E-state index contributed by atoms with van der Waals surface area (Å²) in [6.45, 7) is 3.32. The summed E-state index contributed by atoms with van der Waals surface area (Å²) < 4.78 is 46.6. The first-order chi connectivity index (χ1) is 11.8. The summed E-state index contributed by atoms with van der Waals surface area (Å²) in [5.74, 6) is -3.93. The number of aryl methyl sites for hydroxylation is 1. The molecule has 132 valence electrons. The zero-order chi connectivity index (χ0) is 18.2. The molecule has 1 heterocycles. The van der Waals surface area contributed by atoms with Crippen LogP contribution in [0.1, 0.15) is 24.1 Å². The molecule has 3 rings (SSSR count). The lowest BCUT2D eigenvalue weighted by molar-refractivity contribution is -0.152. The number of esters is 1. The number of alkyl halides is 1. The maximum atomic E-state index is 15.4. The van der Waals surface area contributed by atoms with E-state index in [1.165, 1.54) is 12.1 Å². The van der Waals surface area contributed by atoms with Crippen molar-refractivity contribution < 1.29 is 22.3 Å². The minimum atomic E-state index is -4.19. The molecular weight excluding hydrogens is 345 g/mol. The molecule has 0 amide bonds. The van der Waals surface area contributed by atoms with E-state index in [1.807, 2.05) is 6.92 Å². The molecule has 1 aliphatic heterocycles. The Morgan fingerprint density at radius 3 is 2.32 bits per heavy atom. The monoisotopic (exact) mass is 363 g/mol. The number of benzene rings is 2. The maximum absolute atomic E-state index is 15.4. The molecule has 7 heteroatoms. The molecule has 0 bridgehead atoms. The first kappa shape index (κ1) is 17.6. The van der Waals surface area contributed by atoms with Crippen molar-refractivity contribution in [1.82, 2.24) is 4.31 Å². The quantitative estimate of drug-likeness (QED) is 0.465. The average Bonchev–Trinajstić information content (AvgIpc) is 3.25. The average molecular weight is 363 g/mol. The van der Waals surface area contributed by atoms with Gasteiger partial charge in [-0.05, 0) is 31.5 Å². The predicted molar refractivity (Wildman–Crippen MR) is 89.9 cm³/mol. The number of hydrogen-bond acceptors (Lipinski definition) is 4. The van der Waals surface area contributed by atoms with E-state index in [0.717, 1.165) is 5.56 Å². The van der Waals surface area contributed by atoms with Gasteiger partial charge in [0.1, 0.15) is 6.04 Å². The van der Waals surface area contributed by atoms with Gasteiger partial charge >= 0.3 is 5.97 Å². The maximum Gasteiger partial charge on any atom is 0.362 e. The number of sulfonamides is 1. The molecule has 0 spiro atoms. The van der Waals surface area contributed by atoms with Crippen molar-refractivity contribution in [3.05, 3.63) is 65.7 Å². The Balaban J connectivity index is 2.05. The molecular formula is C18H18FNO4S. The zero-order valence-corrected chi connectivity index (χ0v) is 14.7. The van der Waals surface area contributed by atoms with Gasteiger partial charge in [0, 0.05) is 0 Å². The van der Waals surface area contributed by atoms with Crippen LogP contribution in [0.2, 0.25) is 0 Å². The molecule has 1 saturated heterocycles. The van der Waals surface area contributed by atoms with Crippen molar-refractivity contribution in [1.29, 1.82) is 0 Å². The Kier molecular flexibility index (Phi) is 4.38. The van der Waals surface area contributed by atoms with Crippen LogP contribution in [-0.2, 0) is 19.6 Å². The summed E-state index contributed by atoms with van der Waals surface area (Å²) >= 11 is 0. The summed E-state index contributed by atoms with van der Waals surface area (Å²) in [5.41, 5.74) is 1.27. The van der Waals surface area contributed by atoms with Gasteiger partial charge < -0.3 is 4.74 Å². The molecule has 0 aromatic heterocycles. The highest BCUT2D eigenvalue weighted by Crippen LogP contribution is 2.58. The summed E-state index contributed by atoms with van der Waals surface area (Å²) in [6.07, 6.45) is 0. The minimum Gasteiger partial charge on any atom is -0.463 e. The second-order valence-electron chi connectivity index (χ2n) is 5.82. The normalized spacial score (nSPS) is 25.4. The van der Waals surface area contributed by atoms with Crippen LogP contribution in [0.5, 0.6) is 0 Å². The topological polar surface area (TPSA) is 63.5 Å². The molecule has 1 fully saturated rings. The first-order valence-corrected chi connectivity index (χ1v) is 9.29. The number of halogens is 1. The Morgan fingerprint density at radius 1 is 1.16 bits per heavy atom. The molecule has 0 radical (unpaired) electrons. The number of ether oxygens (including phenoxy) is 1. The highest BCUT2D eigenvalue weighted by molar-refractivity contribution is 7.89. The van der Waals surface area contributed by atoms with Gasteiger partial charge in [-0.15, -0.1) is 4.31 Å². The van der Waals surface area contributed by atoms with Gasteiger partial charge in [0.25, 0.3) is 5.79 Å². The van der Waals surface area contributed by atoms with Gasteiger partial charge in [0.05, 0.1) is 11.5 Å². The fourth-order valence-corrected chi connectivity index (χ4v) is 4.53. The minimum absolute atomic E-state index is 0.0373. The Hall–Kier alpha value is -2.25. The van der Waals surface area contributed by atoms with Crippen LogP contribution in [0.3, 0.4) is 0 Å². The summed E-state index contributed by atoms with van der Waals surface area (Å²) in [6, 6.07) is 13.0. The van der Waals surface area contributed by atoms with Crippen molar-refractivity contribution in [2.75, 3.05) is 6.61 Å². The lowest BCUT2D eigenvalue weighted by Crippen LogP contribution is -2.30. The van der Waals surface area contributed by atoms with Crippen LogP contribution < -0.4 is 0 Å². The van der Waals surface area contributed by atoms with Crippen molar-refractivity contribution >= 4 is 16.0 Å². The standard InChI is InChI=1S/C18H18FNO4S/c1-3-24-17(21)18(19)16(14-7-5-4-6-8-14)20(18)25(22,23)15-11-9-13(2)10-12-15/h4-12,16H,3H2,1-2H3/t16-,18-,20?/m1/s1. The van der Waals surface area contributed by atoms with Crippen LogP contribution >= 0.6 is 0 Å². The smallest absolute Gasteiger partial charge is 0.362 e. The van der Waals surface area contributed by atoms with Crippen molar-refractivity contribution in [3.63, 3.8) is 0 Å². The summed E-state index contributed by atoms with van der Waals surface area (Å²) in [5, 5.41) is 0. The molecule has 0 N–H and O–H groups in total. The van der Waals surface area contributed by atoms with Crippen molar-refractivity contribution in [2.24, 2.45) is 0 Å². The van der Waals surface area contributed by atoms with E-state index in [-0.39, 0.29) is 11.5 Å². The second kappa shape index (κ2) is 6.24. The molecule has 0 aliphatic carbocycles. The van der Waals surface area contributed by atoms with E-state index in [2.05, 4.69) is 0 Å². The van der Waals surface area contributed by atoms with Crippen LogP contribution in [0.15, 0.2) is 59.5 Å². The third kappa shape index (κ3) is 2.83. The van der Waals surface area contributed by atoms with Gasteiger partial charge in [-0.25, -0.2) is 17.6 Å². The van der Waals surface area contributed by atoms with E-state index in [4.69, 9.17) is 4.74 Å². The van der Waals surface area contributed by atoms with Gasteiger partial charge in [-0.3, -0.25) is 0 Å². The third-order valence-corrected chi connectivity index (χ3v) is 5.97. The van der Waals surface area contributed by atoms with E-state index >= 15 is 4.39 Å². The number of carbonyl (C=O) groups is 1. The highest BCUT2D eigenvalue weighted by atomic mass is 32.2. The Bertz CT molecular complexity index is 883. The molecule has 1 unspecified atom stereocenters. The van der Waals surface area contributed by atoms with E-state index in [9.17, 15) is 13.2 Å². The van der Waals surface area contributed by atoms with Crippen LogP contribution in [0, 0.1) is 6.92 Å². The van der Waals surface area contributed by atoms with E-state index in [1.54, 1.807) is 49.4 Å². The van der Waals surface area contributed by atoms with Crippen LogP contribution in [0.4, 0.5) is 4.39 Å². The largest absolute Gasteiger partial charge is 0.463 e. The Morgan fingerprint density at radius 2 is 1.76 bits per heavy atom. The molecule has 5 nitrogen and oxygen atoms in total. The highest BCUT2D eigenvalue weighted by Gasteiger charge is 2.77. The summed E-state index contributed by atoms with van der Waals surface area (Å²) in [4.78, 5) is 12.1. The zero-order valence-electron chi connectivity index (χ0n) is 13.8. The number of rotatable bonds is 5. The number of hydrogen-bond donors (Lipinski definition) is 0. The van der Waals surface area contributed by atoms with Gasteiger partial charge in [0.2, 0.25) is 10.0 Å². The fraction of sp³-hybridized carbons (Fsp3) is 0.278. The lowest BCUT2D eigenvalue weighted by atomic mass is 10.1. The predicted octanol–water partition coefficient (Wildman–Crippen LogP) is 2.97. The van der Waals surface area contributed by atoms with Crippen molar-refractivity contribution in [2.45, 2.75) is 30.6 Å². The van der Waals surface area contributed by atoms with E-state index in [0.29, 0.717) is 9.87 Å². The molecule has 3 atom stereocenters. The van der Waals surface area contributed by atoms with Crippen LogP contribution in [0.25, 0.3) is 0 Å². The molecule has 2 aromatic rings. The number of carbonyl (C=O) groups excluding carboxylic acids is 1. The number of nitrogens with zero attached hydrogens (tertiary/aromatic N) is 1. The lowest BCUT2D eigenvalue weighted by Gasteiger charge is -2.09. The van der Waals surface area contributed by atoms with Gasteiger partial charge in [-0.1, -0.05) is 48.0 Å². The molecule has 1 aliphatic rings. The SMILES string of the molecule is CCOC(=O)[C@@]1(F)[C@@H](c2ccccc2)N1S(=O)(=O)c1ccc(C)cc1. The Labute approximate surface area is 146 Å².